The lowest BCUT2D eigenvalue weighted by Crippen LogP contribution is -2.33. The smallest absolute Gasteiger partial charge is 0.172 e. The molecule has 0 fully saturated rings. The molecule has 110 heavy (non-hydrogen) atoms. The number of benzene rings is 17. The Morgan fingerprint density at radius 3 is 1.18 bits per heavy atom. The molecule has 3 unspecified atom stereocenters. The maximum Gasteiger partial charge on any atom is 0.172 e. The Kier molecular flexibility index (Phi) is 12.1. The Morgan fingerprint density at radius 2 is 0.591 bits per heavy atom. The highest BCUT2D eigenvalue weighted by molar-refractivity contribution is 7.87. The normalized spacial score (nSPS) is 18.4. The minimum atomic E-state index is -3.52. The molecule has 2 spiro atoms. The Hall–Kier alpha value is -13.2. The van der Waals surface area contributed by atoms with Crippen molar-refractivity contribution < 1.29 is 9.13 Å². The van der Waals surface area contributed by atoms with Crippen LogP contribution in [0.15, 0.2) is 376 Å². The molecule has 6 heterocycles. The minimum Gasteiger partial charge on any atom is -0.309 e. The summed E-state index contributed by atoms with van der Waals surface area (Å²) in [6.45, 7) is 0. The molecule has 4 atom stereocenters. The molecule has 6 heteroatoms. The van der Waals surface area contributed by atoms with E-state index in [1.165, 1.54) is 88.5 Å². The number of nitrogens with zero attached hydrogens (tertiary/aromatic N) is 2. The number of fused-ring (bicyclic) bond motifs is 30. The average molecular weight is 1430 g/mol. The standard InChI is InChI=1S/C104H62N2O2P2/c107-109(69-28-8-3-9-29-69)97-44-20-13-33-74(97)83-59-92-81(62-99(83)109)79-58-68(72-31-11-10-30-71(72)65-26-6-2-7-27-65)49-54-86(79)104(92)88-38-16-19-43-96(88)106-94-55-50-67(57-82(94)77-36-23-40-90(104)102(77)106)64-46-51-70(52-47-64)110(108)98-45-21-14-34-75(98)84-60-91-80(61-100(84)110)78-56-66(63-24-4-1-5-25-63)48-53-85(78)103(91)87-37-15-18-42-95(87)105-93-41-17-12-32-73(93)76-35-22-39-89(103)101(76)105/h1-62H/t103?,104?,109-,110?/m0/s1. The van der Waals surface area contributed by atoms with E-state index in [-0.39, 0.29) is 0 Å². The van der Waals surface area contributed by atoms with Crippen LogP contribution in [0.1, 0.15) is 44.5 Å². The van der Waals surface area contributed by atoms with Gasteiger partial charge in [-0.25, -0.2) is 0 Å². The van der Waals surface area contributed by atoms with Crippen LogP contribution in [0.5, 0.6) is 0 Å². The molecule has 0 amide bonds. The Morgan fingerprint density at radius 1 is 0.200 bits per heavy atom. The van der Waals surface area contributed by atoms with Crippen LogP contribution in [0.2, 0.25) is 0 Å². The van der Waals surface area contributed by atoms with Crippen molar-refractivity contribution >= 4 is 89.7 Å². The lowest BCUT2D eigenvalue weighted by molar-refractivity contribution is 0.592. The summed E-state index contributed by atoms with van der Waals surface area (Å²) in [5.41, 5.74) is 32.9. The highest BCUT2D eigenvalue weighted by atomic mass is 31.2. The quantitative estimate of drug-likeness (QED) is 0.156. The maximum atomic E-state index is 17.4. The van der Waals surface area contributed by atoms with Gasteiger partial charge in [0.25, 0.3) is 0 Å². The molecular formula is C104H62N2O2P2. The third-order valence-electron chi connectivity index (χ3n) is 25.8. The van der Waals surface area contributed by atoms with Gasteiger partial charge in [0.05, 0.1) is 44.3 Å². The van der Waals surface area contributed by atoms with Crippen LogP contribution in [0.3, 0.4) is 0 Å². The van der Waals surface area contributed by atoms with Gasteiger partial charge in [0.1, 0.15) is 0 Å². The fraction of sp³-hybridized carbons (Fsp3) is 0.0192. The third-order valence-corrected chi connectivity index (χ3v) is 32.0. The monoisotopic (exact) mass is 1430 g/mol. The van der Waals surface area contributed by atoms with E-state index in [0.717, 1.165) is 132 Å². The van der Waals surface area contributed by atoms with Crippen molar-refractivity contribution in [1.82, 2.24) is 9.13 Å². The number of rotatable bonds is 6. The second kappa shape index (κ2) is 21.8. The van der Waals surface area contributed by atoms with Crippen molar-refractivity contribution in [3.8, 4) is 100 Å². The molecule has 2 aromatic heterocycles. The van der Waals surface area contributed by atoms with Crippen LogP contribution in [0.25, 0.3) is 144 Å². The van der Waals surface area contributed by atoms with Gasteiger partial charge in [0.2, 0.25) is 0 Å². The van der Waals surface area contributed by atoms with Crippen LogP contribution < -0.4 is 31.8 Å². The average Bonchev–Trinajstić information content (AvgIpc) is 1.48. The summed E-state index contributed by atoms with van der Waals surface area (Å²) >= 11 is 0. The summed E-state index contributed by atoms with van der Waals surface area (Å²) in [6.07, 6.45) is 0. The van der Waals surface area contributed by atoms with Gasteiger partial charge in [-0.05, 0) is 200 Å². The van der Waals surface area contributed by atoms with Gasteiger partial charge >= 0.3 is 0 Å². The highest BCUT2D eigenvalue weighted by Crippen LogP contribution is 2.67. The van der Waals surface area contributed by atoms with E-state index in [0.29, 0.717) is 0 Å². The van der Waals surface area contributed by atoms with E-state index in [2.05, 4.69) is 361 Å². The summed E-state index contributed by atoms with van der Waals surface area (Å²) in [6, 6.07) is 138. The lowest BCUT2D eigenvalue weighted by Gasteiger charge is -2.39. The molecule has 510 valence electrons. The summed E-state index contributed by atoms with van der Waals surface area (Å²) < 4.78 is 39.0. The van der Waals surface area contributed by atoms with Crippen LogP contribution in [-0.2, 0) is 20.0 Å². The molecule has 0 N–H and O–H groups in total. The first-order valence-electron chi connectivity index (χ1n) is 38.1. The molecule has 17 aromatic carbocycles. The summed E-state index contributed by atoms with van der Waals surface area (Å²) in [7, 11) is -6.86. The van der Waals surface area contributed by atoms with Gasteiger partial charge in [0, 0.05) is 53.4 Å². The summed E-state index contributed by atoms with van der Waals surface area (Å²) in [5, 5.41) is 9.98. The fourth-order valence-corrected chi connectivity index (χ4v) is 27.4. The lowest BCUT2D eigenvalue weighted by atomic mass is 9.65. The Balaban J connectivity index is 0.662. The third kappa shape index (κ3) is 7.49. The molecule has 0 radical (unpaired) electrons. The van der Waals surface area contributed by atoms with E-state index in [9.17, 15) is 0 Å². The molecular weight excluding hydrogens is 1370 g/mol. The van der Waals surface area contributed by atoms with Gasteiger partial charge in [-0.1, -0.05) is 309 Å². The zero-order valence-electron chi connectivity index (χ0n) is 59.4. The van der Waals surface area contributed by atoms with Gasteiger partial charge in [-0.15, -0.1) is 0 Å². The Labute approximate surface area is 635 Å². The van der Waals surface area contributed by atoms with Crippen LogP contribution in [0.4, 0.5) is 0 Å². The molecule has 4 nitrogen and oxygen atoms in total. The van der Waals surface area contributed by atoms with Gasteiger partial charge < -0.3 is 18.3 Å². The number of para-hydroxylation sites is 5. The van der Waals surface area contributed by atoms with Crippen molar-refractivity contribution in [1.29, 1.82) is 0 Å². The fourth-order valence-electron chi connectivity index (χ4n) is 21.3. The van der Waals surface area contributed by atoms with E-state index < -0.39 is 25.1 Å². The largest absolute Gasteiger partial charge is 0.309 e. The molecule has 0 saturated carbocycles. The predicted octanol–water partition coefficient (Wildman–Crippen LogP) is 23.1. The van der Waals surface area contributed by atoms with Crippen LogP contribution in [0, 0.1) is 0 Å². The van der Waals surface area contributed by atoms with E-state index >= 15 is 9.13 Å². The van der Waals surface area contributed by atoms with E-state index in [1.54, 1.807) is 0 Å². The molecule has 4 aliphatic heterocycles. The van der Waals surface area contributed by atoms with Crippen molar-refractivity contribution in [3.05, 3.63) is 421 Å². The van der Waals surface area contributed by atoms with Crippen LogP contribution in [-0.4, -0.2) is 9.13 Å². The molecule has 6 aliphatic rings. The van der Waals surface area contributed by atoms with Crippen molar-refractivity contribution in [2.75, 3.05) is 0 Å². The zero-order valence-corrected chi connectivity index (χ0v) is 61.2. The second-order valence-electron chi connectivity index (χ2n) is 30.6. The first-order valence-corrected chi connectivity index (χ1v) is 41.5. The number of hydrogen-bond acceptors (Lipinski definition) is 2. The van der Waals surface area contributed by atoms with Gasteiger partial charge in [-0.2, -0.15) is 0 Å². The minimum absolute atomic E-state index is 0.698. The van der Waals surface area contributed by atoms with Crippen LogP contribution >= 0.6 is 14.3 Å². The first kappa shape index (κ1) is 60.9. The number of hydrogen-bond donors (Lipinski definition) is 0. The predicted molar refractivity (Wildman–Crippen MR) is 455 cm³/mol. The van der Waals surface area contributed by atoms with Gasteiger partial charge in [-0.3, -0.25) is 0 Å². The maximum absolute atomic E-state index is 17.4. The molecule has 0 bridgehead atoms. The Bertz CT molecular complexity index is 7470. The van der Waals surface area contributed by atoms with Gasteiger partial charge in [0.15, 0.2) is 14.3 Å². The van der Waals surface area contributed by atoms with Crippen molar-refractivity contribution in [2.24, 2.45) is 0 Å². The SMILES string of the molecule is O=P1(c2ccc(-c3ccc4c(c3)c3cccc5c3n4-c3ccccc3C53c4ccc(-c5ccccc5-c5ccccc5)cc4-c4cc5c(cc43)-c3ccccc3[P@@]5(=O)c3ccccc3)cc2)c2ccccc2-c2cc3c(cc21)-c1cc(-c2ccccc2)ccc1C31c2ccccc2-n2c3ccccc3c3cccc1c32. The first-order chi connectivity index (χ1) is 54.3. The van der Waals surface area contributed by atoms with E-state index in [4.69, 9.17) is 0 Å². The summed E-state index contributed by atoms with van der Waals surface area (Å²) in [4.78, 5) is 0. The molecule has 25 rings (SSSR count). The van der Waals surface area contributed by atoms with E-state index in [1.807, 2.05) is 24.3 Å². The summed E-state index contributed by atoms with van der Waals surface area (Å²) in [5.74, 6) is 0. The zero-order chi connectivity index (χ0) is 72.1. The number of aromatic nitrogens is 2. The molecule has 19 aromatic rings. The molecule has 0 saturated heterocycles. The second-order valence-corrected chi connectivity index (χ2v) is 36.0. The highest BCUT2D eigenvalue weighted by Gasteiger charge is 2.56. The van der Waals surface area contributed by atoms with Crippen molar-refractivity contribution in [3.63, 3.8) is 0 Å². The molecule has 2 aliphatic carbocycles. The van der Waals surface area contributed by atoms with Crippen molar-refractivity contribution in [2.45, 2.75) is 10.8 Å². The topological polar surface area (TPSA) is 44.0 Å².